The average molecular weight is 378 g/mol. The second kappa shape index (κ2) is 7.77. The molecule has 7 nitrogen and oxygen atoms in total. The zero-order valence-corrected chi connectivity index (χ0v) is 15.7. The van der Waals surface area contributed by atoms with Crippen molar-refractivity contribution in [2.75, 3.05) is 13.1 Å². The molecule has 1 aromatic rings. The Labute approximate surface area is 148 Å². The number of rotatable bonds is 4. The highest BCUT2D eigenvalue weighted by molar-refractivity contribution is 7.89. The van der Waals surface area contributed by atoms with Crippen molar-refractivity contribution >= 4 is 28.1 Å². The molecule has 1 aliphatic rings. The summed E-state index contributed by atoms with van der Waals surface area (Å²) in [5.41, 5.74) is 6.69. The van der Waals surface area contributed by atoms with Crippen LogP contribution in [-0.2, 0) is 10.0 Å². The summed E-state index contributed by atoms with van der Waals surface area (Å²) in [6.45, 7) is 6.08. The van der Waals surface area contributed by atoms with Crippen LogP contribution >= 0.6 is 12.4 Å². The van der Waals surface area contributed by atoms with Crippen LogP contribution in [0.1, 0.15) is 30.9 Å². The maximum absolute atomic E-state index is 13.1. The lowest BCUT2D eigenvalue weighted by atomic mass is 9.94. The lowest BCUT2D eigenvalue weighted by molar-refractivity contribution is -0.385. The van der Waals surface area contributed by atoms with Gasteiger partial charge in [-0.1, -0.05) is 6.92 Å². The number of non-ortho nitro benzene ring substituents is 1. The number of sulfonamides is 1. The second-order valence-corrected chi connectivity index (χ2v) is 8.14. The van der Waals surface area contributed by atoms with Gasteiger partial charge in [-0.2, -0.15) is 4.31 Å². The average Bonchev–Trinajstić information content (AvgIpc) is 2.48. The van der Waals surface area contributed by atoms with E-state index in [1.165, 1.54) is 10.4 Å². The third-order valence-electron chi connectivity index (χ3n) is 4.60. The molecule has 1 aliphatic heterocycles. The molecular weight excluding hydrogens is 354 g/mol. The molecule has 0 bridgehead atoms. The smallest absolute Gasteiger partial charge is 0.271 e. The van der Waals surface area contributed by atoms with E-state index in [0.717, 1.165) is 12.5 Å². The molecule has 0 aromatic heterocycles. The number of halogens is 1. The van der Waals surface area contributed by atoms with Gasteiger partial charge >= 0.3 is 0 Å². The van der Waals surface area contributed by atoms with E-state index in [4.69, 9.17) is 5.73 Å². The van der Waals surface area contributed by atoms with Crippen LogP contribution in [0.2, 0.25) is 0 Å². The molecule has 1 saturated heterocycles. The number of hydrogen-bond donors (Lipinski definition) is 1. The highest BCUT2D eigenvalue weighted by Crippen LogP contribution is 2.32. The lowest BCUT2D eigenvalue weighted by Crippen LogP contribution is -2.49. The van der Waals surface area contributed by atoms with E-state index < -0.39 is 14.9 Å². The van der Waals surface area contributed by atoms with Crippen molar-refractivity contribution in [1.82, 2.24) is 4.31 Å². The minimum Gasteiger partial charge on any atom is -0.329 e. The van der Waals surface area contributed by atoms with Gasteiger partial charge in [0.05, 0.1) is 9.82 Å². The van der Waals surface area contributed by atoms with Gasteiger partial charge in [0, 0.05) is 31.3 Å². The van der Waals surface area contributed by atoms with Gasteiger partial charge in [-0.05, 0) is 43.7 Å². The van der Waals surface area contributed by atoms with E-state index in [0.29, 0.717) is 30.0 Å². The Balaban J connectivity index is 0.00000288. The zero-order valence-electron chi connectivity index (χ0n) is 14.1. The van der Waals surface area contributed by atoms with Crippen LogP contribution in [0.4, 0.5) is 5.69 Å². The molecule has 24 heavy (non-hydrogen) atoms. The van der Waals surface area contributed by atoms with Crippen LogP contribution in [0.15, 0.2) is 17.0 Å². The molecule has 1 heterocycles. The summed E-state index contributed by atoms with van der Waals surface area (Å²) in [7, 11) is -3.81. The Morgan fingerprint density at radius 2 is 2.00 bits per heavy atom. The van der Waals surface area contributed by atoms with Crippen LogP contribution in [0.5, 0.6) is 0 Å². The van der Waals surface area contributed by atoms with Gasteiger partial charge in [-0.25, -0.2) is 8.42 Å². The summed E-state index contributed by atoms with van der Waals surface area (Å²) in [6, 6.07) is 2.29. The minimum absolute atomic E-state index is 0. The number of nitrogens with zero attached hydrogens (tertiary/aromatic N) is 2. The Hall–Kier alpha value is -1.22. The molecule has 9 heteroatoms. The predicted molar refractivity (Wildman–Crippen MR) is 95.0 cm³/mol. The Kier molecular flexibility index (Phi) is 6.75. The van der Waals surface area contributed by atoms with E-state index in [2.05, 4.69) is 6.92 Å². The van der Waals surface area contributed by atoms with Crippen LogP contribution in [0.3, 0.4) is 0 Å². The monoisotopic (exact) mass is 377 g/mol. The first-order chi connectivity index (χ1) is 10.7. The molecule has 0 aliphatic carbocycles. The second-order valence-electron chi connectivity index (χ2n) is 6.28. The summed E-state index contributed by atoms with van der Waals surface area (Å²) in [5, 5.41) is 11.1. The SMILES string of the molecule is Cc1cc([N+](=O)[O-])cc(S(=O)(=O)N2CCC(C)CC2CN)c1C.Cl. The van der Waals surface area contributed by atoms with Crippen molar-refractivity contribution < 1.29 is 13.3 Å². The Bertz CT molecular complexity index is 724. The van der Waals surface area contributed by atoms with Gasteiger partial charge < -0.3 is 5.73 Å². The molecule has 1 aromatic carbocycles. The Morgan fingerprint density at radius 1 is 1.38 bits per heavy atom. The third kappa shape index (κ3) is 3.88. The predicted octanol–water partition coefficient (Wildman–Crippen LogP) is 2.38. The zero-order chi connectivity index (χ0) is 17.4. The standard InChI is InChI=1S/C15H23N3O4S.ClH/c1-10-4-5-17(14(6-10)9-16)23(21,22)15-8-13(18(19)20)7-11(2)12(15)3;/h7-8,10,14H,4-6,9,16H2,1-3H3;1H. The largest absolute Gasteiger partial charge is 0.329 e. The molecule has 2 unspecified atom stereocenters. The van der Waals surface area contributed by atoms with Gasteiger partial charge in [-0.3, -0.25) is 10.1 Å². The molecule has 0 radical (unpaired) electrons. The van der Waals surface area contributed by atoms with Gasteiger partial charge in [0.25, 0.3) is 5.69 Å². The van der Waals surface area contributed by atoms with E-state index in [1.807, 2.05) is 0 Å². The van der Waals surface area contributed by atoms with E-state index >= 15 is 0 Å². The third-order valence-corrected chi connectivity index (χ3v) is 6.68. The molecule has 2 atom stereocenters. The van der Waals surface area contributed by atoms with Crippen molar-refractivity contribution in [1.29, 1.82) is 0 Å². The van der Waals surface area contributed by atoms with Crippen molar-refractivity contribution in [2.24, 2.45) is 11.7 Å². The van der Waals surface area contributed by atoms with Crippen LogP contribution in [0.25, 0.3) is 0 Å². The number of nitro groups is 1. The maximum Gasteiger partial charge on any atom is 0.271 e. The Morgan fingerprint density at radius 3 is 2.54 bits per heavy atom. The molecule has 2 N–H and O–H groups in total. The van der Waals surface area contributed by atoms with Gasteiger partial charge in [-0.15, -0.1) is 12.4 Å². The van der Waals surface area contributed by atoms with Crippen molar-refractivity contribution in [2.45, 2.75) is 44.6 Å². The van der Waals surface area contributed by atoms with Crippen LogP contribution < -0.4 is 5.73 Å². The maximum atomic E-state index is 13.1. The quantitative estimate of drug-likeness (QED) is 0.640. The summed E-state index contributed by atoms with van der Waals surface area (Å²) >= 11 is 0. The first-order valence-corrected chi connectivity index (χ1v) is 9.10. The van der Waals surface area contributed by atoms with Crippen molar-refractivity contribution in [3.05, 3.63) is 33.4 Å². The van der Waals surface area contributed by atoms with Gasteiger partial charge in [0.2, 0.25) is 10.0 Å². The molecule has 1 fully saturated rings. The van der Waals surface area contributed by atoms with Crippen molar-refractivity contribution in [3.63, 3.8) is 0 Å². The van der Waals surface area contributed by atoms with Gasteiger partial charge in [0.1, 0.15) is 0 Å². The first-order valence-electron chi connectivity index (χ1n) is 7.66. The number of benzene rings is 1. The fraction of sp³-hybridized carbons (Fsp3) is 0.600. The molecular formula is C15H24ClN3O4S. The summed E-state index contributed by atoms with van der Waals surface area (Å²) in [5.74, 6) is 0.419. The molecule has 0 spiro atoms. The van der Waals surface area contributed by atoms with E-state index in [9.17, 15) is 18.5 Å². The summed E-state index contributed by atoms with van der Waals surface area (Å²) < 4.78 is 27.5. The summed E-state index contributed by atoms with van der Waals surface area (Å²) in [6.07, 6.45) is 1.48. The molecule has 0 amide bonds. The minimum atomic E-state index is -3.81. The number of aryl methyl sites for hydroxylation is 1. The first kappa shape index (κ1) is 20.8. The lowest BCUT2D eigenvalue weighted by Gasteiger charge is -2.37. The molecule has 0 saturated carbocycles. The van der Waals surface area contributed by atoms with E-state index in [1.54, 1.807) is 13.8 Å². The highest BCUT2D eigenvalue weighted by Gasteiger charge is 2.36. The fourth-order valence-corrected chi connectivity index (χ4v) is 5.05. The molecule has 2 rings (SSSR count). The highest BCUT2D eigenvalue weighted by atomic mass is 35.5. The normalized spacial score (nSPS) is 22.0. The summed E-state index contributed by atoms with van der Waals surface area (Å²) in [4.78, 5) is 10.5. The molecule has 136 valence electrons. The van der Waals surface area contributed by atoms with E-state index in [-0.39, 0.29) is 35.6 Å². The number of nitrogens with two attached hydrogens (primary N) is 1. The number of piperidine rings is 1. The topological polar surface area (TPSA) is 107 Å². The number of nitro benzene ring substituents is 1. The fourth-order valence-electron chi connectivity index (χ4n) is 3.07. The van der Waals surface area contributed by atoms with Gasteiger partial charge in [0.15, 0.2) is 0 Å². The van der Waals surface area contributed by atoms with Crippen molar-refractivity contribution in [3.8, 4) is 0 Å². The van der Waals surface area contributed by atoms with Crippen LogP contribution in [0, 0.1) is 29.9 Å². The van der Waals surface area contributed by atoms with Crippen LogP contribution in [-0.4, -0.2) is 36.8 Å². The number of hydrogen-bond acceptors (Lipinski definition) is 5.